The first-order valence-electron chi connectivity index (χ1n) is 4.95. The number of halogens is 3. The van der Waals surface area contributed by atoms with Crippen molar-refractivity contribution in [3.05, 3.63) is 33.8 Å². The molecule has 17 heavy (non-hydrogen) atoms. The number of nitrogens with two attached hydrogens (primary N) is 1. The van der Waals surface area contributed by atoms with Crippen LogP contribution in [0.4, 0.5) is 0 Å². The average molecular weight is 298 g/mol. The Hall–Kier alpha value is -0.480. The van der Waals surface area contributed by atoms with Gasteiger partial charge in [-0.25, -0.2) is 0 Å². The van der Waals surface area contributed by atoms with E-state index < -0.39 is 0 Å². The molecule has 96 valence electrons. The number of rotatable bonds is 4. The van der Waals surface area contributed by atoms with Crippen LogP contribution in [0.25, 0.3) is 0 Å². The largest absolute Gasteiger partial charge is 0.352 e. The normalized spacial score (nSPS) is 11.5. The monoisotopic (exact) mass is 296 g/mol. The highest BCUT2D eigenvalue weighted by atomic mass is 35.5. The molecule has 0 saturated heterocycles. The van der Waals surface area contributed by atoms with Crippen molar-refractivity contribution in [1.29, 1.82) is 0 Å². The lowest BCUT2D eigenvalue weighted by molar-refractivity contribution is -0.121. The van der Waals surface area contributed by atoms with Gasteiger partial charge in [0.1, 0.15) is 0 Å². The van der Waals surface area contributed by atoms with Crippen molar-refractivity contribution >= 4 is 41.5 Å². The van der Waals surface area contributed by atoms with Crippen LogP contribution < -0.4 is 11.1 Å². The summed E-state index contributed by atoms with van der Waals surface area (Å²) in [7, 11) is 0. The Labute approximate surface area is 117 Å². The second kappa shape index (κ2) is 7.77. The van der Waals surface area contributed by atoms with Crippen molar-refractivity contribution in [2.75, 3.05) is 0 Å². The smallest absolute Gasteiger partial charge is 0.221 e. The number of carbonyl (C=O) groups is 1. The predicted octanol–water partition coefficient (Wildman–Crippen LogP) is 2.77. The molecule has 0 fully saturated rings. The van der Waals surface area contributed by atoms with Gasteiger partial charge in [0, 0.05) is 29.1 Å². The zero-order chi connectivity index (χ0) is 12.1. The molecule has 0 aliphatic rings. The highest BCUT2D eigenvalue weighted by Gasteiger charge is 2.06. The summed E-state index contributed by atoms with van der Waals surface area (Å²) in [5.41, 5.74) is 6.34. The second-order valence-corrected chi connectivity index (χ2v) is 4.54. The van der Waals surface area contributed by atoms with Gasteiger partial charge in [0.15, 0.2) is 0 Å². The maximum atomic E-state index is 11.3. The van der Waals surface area contributed by atoms with Crippen molar-refractivity contribution in [2.24, 2.45) is 5.73 Å². The summed E-state index contributed by atoms with van der Waals surface area (Å²) in [6, 6.07) is 5.04. The van der Waals surface area contributed by atoms with Crippen LogP contribution in [0.15, 0.2) is 18.2 Å². The highest BCUT2D eigenvalue weighted by Crippen LogP contribution is 2.20. The average Bonchev–Trinajstić information content (AvgIpc) is 2.15. The molecule has 6 heteroatoms. The van der Waals surface area contributed by atoms with Gasteiger partial charge in [0.25, 0.3) is 0 Å². The molecular weight excluding hydrogens is 282 g/mol. The van der Waals surface area contributed by atoms with Crippen LogP contribution in [-0.2, 0) is 11.3 Å². The molecule has 0 aromatic heterocycles. The minimum Gasteiger partial charge on any atom is -0.352 e. The first-order valence-corrected chi connectivity index (χ1v) is 5.71. The van der Waals surface area contributed by atoms with E-state index >= 15 is 0 Å². The van der Waals surface area contributed by atoms with Crippen molar-refractivity contribution in [1.82, 2.24) is 5.32 Å². The van der Waals surface area contributed by atoms with Crippen LogP contribution in [0.1, 0.15) is 18.9 Å². The Morgan fingerprint density at radius 3 is 2.65 bits per heavy atom. The van der Waals surface area contributed by atoms with Gasteiger partial charge in [-0.15, -0.1) is 12.4 Å². The lowest BCUT2D eigenvalue weighted by Gasteiger charge is -2.08. The van der Waals surface area contributed by atoms with E-state index in [0.717, 1.165) is 5.56 Å². The van der Waals surface area contributed by atoms with Crippen LogP contribution in [0.3, 0.4) is 0 Å². The molecule has 1 aromatic carbocycles. The molecule has 0 aliphatic heterocycles. The van der Waals surface area contributed by atoms with Gasteiger partial charge < -0.3 is 11.1 Å². The van der Waals surface area contributed by atoms with Gasteiger partial charge in [-0.05, 0) is 24.6 Å². The number of amides is 1. The van der Waals surface area contributed by atoms with Crippen LogP contribution >= 0.6 is 35.6 Å². The van der Waals surface area contributed by atoms with Gasteiger partial charge in [-0.2, -0.15) is 0 Å². The van der Waals surface area contributed by atoms with Crippen LogP contribution in [0, 0.1) is 0 Å². The van der Waals surface area contributed by atoms with E-state index in [1.165, 1.54) is 0 Å². The Bertz CT molecular complexity index is 383. The maximum absolute atomic E-state index is 11.3. The minimum atomic E-state index is -0.138. The van der Waals surface area contributed by atoms with E-state index in [9.17, 15) is 4.79 Å². The fourth-order valence-corrected chi connectivity index (χ4v) is 1.70. The van der Waals surface area contributed by atoms with Crippen molar-refractivity contribution in [2.45, 2.75) is 25.9 Å². The zero-order valence-corrected chi connectivity index (χ0v) is 11.7. The van der Waals surface area contributed by atoms with Gasteiger partial charge >= 0.3 is 0 Å². The summed E-state index contributed by atoms with van der Waals surface area (Å²) >= 11 is 11.7. The van der Waals surface area contributed by atoms with Gasteiger partial charge in [0.05, 0.1) is 0 Å². The van der Waals surface area contributed by atoms with Crippen molar-refractivity contribution in [3.63, 3.8) is 0 Å². The number of carbonyl (C=O) groups excluding carboxylic acids is 1. The molecule has 1 atom stereocenters. The molecule has 0 radical (unpaired) electrons. The van der Waals surface area contributed by atoms with Crippen molar-refractivity contribution < 1.29 is 4.79 Å². The lowest BCUT2D eigenvalue weighted by atomic mass is 10.2. The van der Waals surface area contributed by atoms with Gasteiger partial charge in [0.2, 0.25) is 5.91 Å². The van der Waals surface area contributed by atoms with E-state index in [-0.39, 0.29) is 24.4 Å². The van der Waals surface area contributed by atoms with Crippen LogP contribution in [0.2, 0.25) is 10.0 Å². The molecule has 0 saturated carbocycles. The number of hydrogen-bond donors (Lipinski definition) is 2. The predicted molar refractivity (Wildman–Crippen MR) is 73.8 cm³/mol. The third-order valence-corrected chi connectivity index (χ3v) is 2.59. The third-order valence-electron chi connectivity index (χ3n) is 2.00. The zero-order valence-electron chi connectivity index (χ0n) is 9.37. The molecule has 0 spiro atoms. The molecule has 1 amide bonds. The quantitative estimate of drug-likeness (QED) is 0.898. The molecule has 1 rings (SSSR count). The Morgan fingerprint density at radius 1 is 1.47 bits per heavy atom. The van der Waals surface area contributed by atoms with E-state index in [2.05, 4.69) is 5.32 Å². The Balaban J connectivity index is 0.00000256. The SMILES string of the molecule is CC(N)CC(=O)NCc1ccc(Cl)cc1Cl.Cl. The first kappa shape index (κ1) is 16.5. The minimum absolute atomic E-state index is 0. The fraction of sp³-hybridized carbons (Fsp3) is 0.364. The molecule has 0 bridgehead atoms. The number of benzene rings is 1. The molecule has 0 heterocycles. The molecule has 3 nitrogen and oxygen atoms in total. The standard InChI is InChI=1S/C11H14Cl2N2O.ClH/c1-7(14)4-11(16)15-6-8-2-3-9(12)5-10(8)13;/h2-3,5,7H,4,6,14H2,1H3,(H,15,16);1H. The summed E-state index contributed by atoms with van der Waals surface area (Å²) in [4.78, 5) is 11.3. The summed E-state index contributed by atoms with van der Waals surface area (Å²) in [6.45, 7) is 2.18. The summed E-state index contributed by atoms with van der Waals surface area (Å²) < 4.78 is 0. The van der Waals surface area contributed by atoms with E-state index in [4.69, 9.17) is 28.9 Å². The summed E-state index contributed by atoms with van der Waals surface area (Å²) in [5.74, 6) is -0.0824. The van der Waals surface area contributed by atoms with Gasteiger partial charge in [-0.1, -0.05) is 29.3 Å². The van der Waals surface area contributed by atoms with Crippen LogP contribution in [0.5, 0.6) is 0 Å². The molecule has 0 aliphatic carbocycles. The van der Waals surface area contributed by atoms with Crippen LogP contribution in [-0.4, -0.2) is 11.9 Å². The number of hydrogen-bond acceptors (Lipinski definition) is 2. The summed E-state index contributed by atoms with van der Waals surface area (Å²) in [5, 5.41) is 3.87. The topological polar surface area (TPSA) is 55.1 Å². The highest BCUT2D eigenvalue weighted by molar-refractivity contribution is 6.35. The second-order valence-electron chi connectivity index (χ2n) is 3.69. The Kier molecular flexibility index (Phi) is 7.55. The van der Waals surface area contributed by atoms with E-state index in [1.54, 1.807) is 25.1 Å². The molecule has 1 aromatic rings. The number of nitrogens with one attached hydrogen (secondary N) is 1. The van der Waals surface area contributed by atoms with E-state index in [1.807, 2.05) is 0 Å². The fourth-order valence-electron chi connectivity index (χ4n) is 1.22. The van der Waals surface area contributed by atoms with E-state index in [0.29, 0.717) is 23.0 Å². The third kappa shape index (κ3) is 6.13. The lowest BCUT2D eigenvalue weighted by Crippen LogP contribution is -2.29. The Morgan fingerprint density at radius 2 is 2.12 bits per heavy atom. The molecule has 3 N–H and O–H groups in total. The van der Waals surface area contributed by atoms with Gasteiger partial charge in [-0.3, -0.25) is 4.79 Å². The summed E-state index contributed by atoms with van der Waals surface area (Å²) in [6.07, 6.45) is 0.311. The van der Waals surface area contributed by atoms with Crippen molar-refractivity contribution in [3.8, 4) is 0 Å². The maximum Gasteiger partial charge on any atom is 0.221 e. The first-order chi connectivity index (χ1) is 7.49. The molecule has 1 unspecified atom stereocenters. The molecular formula is C11H15Cl3N2O.